The zero-order valence-corrected chi connectivity index (χ0v) is 14.5. The van der Waals surface area contributed by atoms with Gasteiger partial charge in [0.05, 0.1) is 0 Å². The van der Waals surface area contributed by atoms with Crippen molar-refractivity contribution in [2.45, 2.75) is 33.1 Å². The third-order valence-corrected chi connectivity index (χ3v) is 3.84. The molecule has 126 valence electrons. The summed E-state index contributed by atoms with van der Waals surface area (Å²) in [6.07, 6.45) is 1.92. The van der Waals surface area contributed by atoms with Crippen LogP contribution in [-0.2, 0) is 6.42 Å². The zero-order valence-electron chi connectivity index (χ0n) is 14.5. The summed E-state index contributed by atoms with van der Waals surface area (Å²) in [5, 5.41) is 2.58. The highest BCUT2D eigenvalue weighted by Gasteiger charge is 2.14. The Morgan fingerprint density at radius 2 is 1.83 bits per heavy atom. The van der Waals surface area contributed by atoms with Crippen molar-refractivity contribution in [1.82, 2.24) is 10.3 Å². The fourth-order valence-corrected chi connectivity index (χ4v) is 2.45. The minimum atomic E-state index is -0.275. The van der Waals surface area contributed by atoms with Crippen molar-refractivity contribution in [3.05, 3.63) is 65.0 Å². The number of carbonyl (C=O) groups excluding carboxylic acids is 2. The molecular formula is C20H24N2O2. The SMILES string of the molecule is CNC(=O)c1cc(C(=O)CCC(C)C)cc(Cc2ccccc2)n1. The Morgan fingerprint density at radius 3 is 2.46 bits per heavy atom. The molecule has 0 radical (unpaired) electrons. The largest absolute Gasteiger partial charge is 0.354 e. The van der Waals surface area contributed by atoms with Crippen molar-refractivity contribution in [1.29, 1.82) is 0 Å². The van der Waals surface area contributed by atoms with E-state index in [1.807, 2.05) is 36.4 Å². The van der Waals surface area contributed by atoms with Crippen LogP contribution in [0.25, 0.3) is 0 Å². The number of aromatic nitrogens is 1. The molecule has 1 heterocycles. The summed E-state index contributed by atoms with van der Waals surface area (Å²) in [5.41, 5.74) is 2.68. The third kappa shape index (κ3) is 5.01. The molecule has 0 aliphatic heterocycles. The number of benzene rings is 1. The lowest BCUT2D eigenvalue weighted by molar-refractivity contribution is 0.0958. The average Bonchev–Trinajstić information content (AvgIpc) is 2.59. The molecule has 2 aromatic rings. The minimum Gasteiger partial charge on any atom is -0.354 e. The topological polar surface area (TPSA) is 59.1 Å². The maximum Gasteiger partial charge on any atom is 0.269 e. The molecule has 0 aliphatic carbocycles. The Bertz CT molecular complexity index is 709. The number of amides is 1. The Hall–Kier alpha value is -2.49. The summed E-state index contributed by atoms with van der Waals surface area (Å²) in [4.78, 5) is 28.8. The quantitative estimate of drug-likeness (QED) is 0.791. The van der Waals surface area contributed by atoms with Crippen molar-refractivity contribution in [2.24, 2.45) is 5.92 Å². The van der Waals surface area contributed by atoms with Crippen LogP contribution in [0.3, 0.4) is 0 Å². The molecule has 1 amide bonds. The molecule has 0 bridgehead atoms. The van der Waals surface area contributed by atoms with Crippen LogP contribution in [-0.4, -0.2) is 23.7 Å². The molecule has 0 aliphatic rings. The van der Waals surface area contributed by atoms with E-state index in [-0.39, 0.29) is 11.7 Å². The van der Waals surface area contributed by atoms with Gasteiger partial charge < -0.3 is 5.32 Å². The molecule has 1 aromatic heterocycles. The van der Waals surface area contributed by atoms with Gasteiger partial charge in [0.25, 0.3) is 5.91 Å². The van der Waals surface area contributed by atoms with Gasteiger partial charge in [0.15, 0.2) is 5.78 Å². The molecule has 4 nitrogen and oxygen atoms in total. The third-order valence-electron chi connectivity index (χ3n) is 3.84. The van der Waals surface area contributed by atoms with E-state index in [9.17, 15) is 9.59 Å². The molecule has 1 aromatic carbocycles. The second-order valence-corrected chi connectivity index (χ2v) is 6.33. The van der Waals surface area contributed by atoms with Crippen molar-refractivity contribution < 1.29 is 9.59 Å². The van der Waals surface area contributed by atoms with E-state index in [0.717, 1.165) is 17.7 Å². The van der Waals surface area contributed by atoms with Crippen LogP contribution in [0.2, 0.25) is 0 Å². The number of carbonyl (C=O) groups is 2. The second-order valence-electron chi connectivity index (χ2n) is 6.33. The molecule has 1 N–H and O–H groups in total. The Morgan fingerprint density at radius 1 is 1.12 bits per heavy atom. The summed E-state index contributed by atoms with van der Waals surface area (Å²) in [6, 6.07) is 13.3. The van der Waals surface area contributed by atoms with Gasteiger partial charge in [-0.2, -0.15) is 0 Å². The van der Waals surface area contributed by atoms with Crippen molar-refractivity contribution >= 4 is 11.7 Å². The van der Waals surface area contributed by atoms with Gasteiger partial charge in [-0.25, -0.2) is 4.98 Å². The molecule has 0 saturated carbocycles. The van der Waals surface area contributed by atoms with Crippen LogP contribution in [0.1, 0.15) is 58.8 Å². The smallest absolute Gasteiger partial charge is 0.269 e. The number of rotatable bonds is 7. The van der Waals surface area contributed by atoms with E-state index in [0.29, 0.717) is 30.0 Å². The van der Waals surface area contributed by atoms with Gasteiger partial charge in [-0.05, 0) is 30.0 Å². The number of ketones is 1. The zero-order chi connectivity index (χ0) is 17.5. The predicted octanol–water partition coefficient (Wildman–Crippen LogP) is 3.65. The van der Waals surface area contributed by atoms with Crippen molar-refractivity contribution in [2.75, 3.05) is 7.05 Å². The van der Waals surface area contributed by atoms with Gasteiger partial charge in [-0.1, -0.05) is 44.2 Å². The van der Waals surface area contributed by atoms with Crippen LogP contribution in [0.4, 0.5) is 0 Å². The van der Waals surface area contributed by atoms with Crippen LogP contribution >= 0.6 is 0 Å². The first-order valence-corrected chi connectivity index (χ1v) is 8.29. The van der Waals surface area contributed by atoms with E-state index < -0.39 is 0 Å². The van der Waals surface area contributed by atoms with Gasteiger partial charge in [0, 0.05) is 31.1 Å². The Labute approximate surface area is 143 Å². The molecular weight excluding hydrogens is 300 g/mol. The van der Waals surface area contributed by atoms with Crippen LogP contribution in [0.5, 0.6) is 0 Å². The van der Waals surface area contributed by atoms with Gasteiger partial charge in [-0.3, -0.25) is 9.59 Å². The van der Waals surface area contributed by atoms with E-state index >= 15 is 0 Å². The van der Waals surface area contributed by atoms with Gasteiger partial charge >= 0.3 is 0 Å². The van der Waals surface area contributed by atoms with E-state index in [4.69, 9.17) is 0 Å². The Kier molecular flexibility index (Phi) is 6.24. The summed E-state index contributed by atoms with van der Waals surface area (Å²) >= 11 is 0. The van der Waals surface area contributed by atoms with Gasteiger partial charge in [0.1, 0.15) is 5.69 Å². The summed E-state index contributed by atoms with van der Waals surface area (Å²) in [5.74, 6) is 0.256. The molecule has 0 fully saturated rings. The van der Waals surface area contributed by atoms with Crippen molar-refractivity contribution in [3.8, 4) is 0 Å². The number of hydrogen-bond donors (Lipinski definition) is 1. The van der Waals surface area contributed by atoms with E-state index in [1.165, 1.54) is 0 Å². The van der Waals surface area contributed by atoms with Crippen molar-refractivity contribution in [3.63, 3.8) is 0 Å². The molecule has 4 heteroatoms. The molecule has 0 unspecified atom stereocenters. The summed E-state index contributed by atoms with van der Waals surface area (Å²) in [6.45, 7) is 4.19. The fourth-order valence-electron chi connectivity index (χ4n) is 2.45. The standard InChI is InChI=1S/C20H24N2O2/c1-14(2)9-10-19(23)16-12-17(11-15-7-5-4-6-8-15)22-18(13-16)20(24)21-3/h4-8,12-14H,9-11H2,1-3H3,(H,21,24). The molecule has 2 rings (SSSR count). The van der Waals surface area contributed by atoms with Gasteiger partial charge in [0.2, 0.25) is 0 Å². The van der Waals surface area contributed by atoms with E-state index in [1.54, 1.807) is 13.1 Å². The lowest BCUT2D eigenvalue weighted by Gasteiger charge is -2.09. The number of Topliss-reactive ketones (excluding diaryl/α,β-unsaturated/α-hetero) is 1. The number of nitrogens with one attached hydrogen (secondary N) is 1. The average molecular weight is 324 g/mol. The first kappa shape index (κ1) is 17.9. The Balaban J connectivity index is 2.30. The highest BCUT2D eigenvalue weighted by atomic mass is 16.1. The lowest BCUT2D eigenvalue weighted by Crippen LogP contribution is -2.20. The molecule has 24 heavy (non-hydrogen) atoms. The maximum absolute atomic E-state index is 12.5. The first-order chi connectivity index (χ1) is 11.5. The fraction of sp³-hybridized carbons (Fsp3) is 0.350. The molecule has 0 spiro atoms. The van der Waals surface area contributed by atoms with Gasteiger partial charge in [-0.15, -0.1) is 0 Å². The monoisotopic (exact) mass is 324 g/mol. The maximum atomic E-state index is 12.5. The second kappa shape index (κ2) is 8.39. The number of pyridine rings is 1. The highest BCUT2D eigenvalue weighted by molar-refractivity contribution is 5.99. The normalized spacial score (nSPS) is 10.7. The van der Waals surface area contributed by atoms with Crippen LogP contribution < -0.4 is 5.32 Å². The van der Waals surface area contributed by atoms with Crippen LogP contribution in [0, 0.1) is 5.92 Å². The minimum absolute atomic E-state index is 0.0607. The summed E-state index contributed by atoms with van der Waals surface area (Å²) < 4.78 is 0. The molecule has 0 atom stereocenters. The van der Waals surface area contributed by atoms with Crippen LogP contribution in [0.15, 0.2) is 42.5 Å². The molecule has 0 saturated heterocycles. The number of nitrogens with zero attached hydrogens (tertiary/aromatic N) is 1. The highest BCUT2D eigenvalue weighted by Crippen LogP contribution is 2.15. The first-order valence-electron chi connectivity index (χ1n) is 8.29. The van der Waals surface area contributed by atoms with E-state index in [2.05, 4.69) is 24.1 Å². The summed E-state index contributed by atoms with van der Waals surface area (Å²) in [7, 11) is 1.56. The lowest BCUT2D eigenvalue weighted by atomic mass is 9.99. The predicted molar refractivity (Wildman–Crippen MR) is 95.3 cm³/mol. The number of hydrogen-bond acceptors (Lipinski definition) is 3.